The minimum absolute atomic E-state index is 0.0863. The van der Waals surface area contributed by atoms with Crippen molar-refractivity contribution in [2.45, 2.75) is 6.92 Å². The molecule has 0 aliphatic carbocycles. The topological polar surface area (TPSA) is 29.1 Å². The Morgan fingerprint density at radius 1 is 1.60 bits per heavy atom. The van der Waals surface area contributed by atoms with Gasteiger partial charge in [0, 0.05) is 13.5 Å². The lowest BCUT2D eigenvalue weighted by Crippen LogP contribution is -2.19. The van der Waals surface area contributed by atoms with Gasteiger partial charge in [0.1, 0.15) is 5.82 Å². The van der Waals surface area contributed by atoms with Crippen LogP contribution in [0.5, 0.6) is 0 Å². The van der Waals surface area contributed by atoms with Crippen molar-refractivity contribution in [1.29, 1.82) is 0 Å². The van der Waals surface area contributed by atoms with Crippen LogP contribution in [0, 0.1) is 5.82 Å². The molecule has 80 valence electrons. The van der Waals surface area contributed by atoms with Gasteiger partial charge in [0.2, 0.25) is 5.91 Å². The number of halogens is 2. The number of benzene rings is 1. The average molecular weight is 228 g/mol. The molecule has 0 fully saturated rings. The molecule has 15 heavy (non-hydrogen) atoms. The maximum Gasteiger partial charge on any atom is 0.217 e. The van der Waals surface area contributed by atoms with Crippen molar-refractivity contribution < 1.29 is 9.18 Å². The number of carbonyl (C=O) groups is 1. The highest BCUT2D eigenvalue weighted by Gasteiger charge is 1.97. The summed E-state index contributed by atoms with van der Waals surface area (Å²) in [5.41, 5.74) is 0.798. The minimum Gasteiger partial charge on any atom is -0.353 e. The lowest BCUT2D eigenvalue weighted by atomic mass is 10.2. The van der Waals surface area contributed by atoms with Crippen molar-refractivity contribution in [3.8, 4) is 0 Å². The molecule has 1 aromatic rings. The van der Waals surface area contributed by atoms with E-state index in [0.717, 1.165) is 5.56 Å². The van der Waals surface area contributed by atoms with Crippen LogP contribution in [0.25, 0.3) is 6.08 Å². The van der Waals surface area contributed by atoms with Gasteiger partial charge in [-0.2, -0.15) is 0 Å². The van der Waals surface area contributed by atoms with Crippen LogP contribution < -0.4 is 5.32 Å². The van der Waals surface area contributed by atoms with Gasteiger partial charge in [0.15, 0.2) is 0 Å². The van der Waals surface area contributed by atoms with E-state index in [1.807, 2.05) is 0 Å². The molecule has 1 aromatic carbocycles. The summed E-state index contributed by atoms with van der Waals surface area (Å²) in [5.74, 6) is -0.521. The number of nitrogens with one attached hydrogen (secondary N) is 1. The first-order chi connectivity index (χ1) is 7.09. The molecule has 0 heterocycles. The van der Waals surface area contributed by atoms with Crippen molar-refractivity contribution in [3.05, 3.63) is 40.7 Å². The van der Waals surface area contributed by atoms with Crippen molar-refractivity contribution in [1.82, 2.24) is 5.32 Å². The molecule has 0 bridgehead atoms. The monoisotopic (exact) mass is 227 g/mol. The second-order valence-corrected chi connectivity index (χ2v) is 3.42. The summed E-state index contributed by atoms with van der Waals surface area (Å²) >= 11 is 5.60. The van der Waals surface area contributed by atoms with Crippen LogP contribution in [0.15, 0.2) is 24.3 Å². The zero-order chi connectivity index (χ0) is 11.3. The Morgan fingerprint density at radius 2 is 2.33 bits per heavy atom. The largest absolute Gasteiger partial charge is 0.353 e. The molecule has 0 aromatic heterocycles. The SMILES string of the molecule is CC(=O)NCC=Cc1ccc(F)c(Cl)c1. The van der Waals surface area contributed by atoms with Crippen LogP contribution in [-0.4, -0.2) is 12.5 Å². The van der Waals surface area contributed by atoms with Gasteiger partial charge in [-0.15, -0.1) is 0 Å². The lowest BCUT2D eigenvalue weighted by Gasteiger charge is -1.97. The van der Waals surface area contributed by atoms with Crippen molar-refractivity contribution in [2.75, 3.05) is 6.54 Å². The Bertz CT molecular complexity index is 390. The standard InChI is InChI=1S/C11H11ClFNO/c1-8(15)14-6-2-3-9-4-5-11(13)10(12)7-9/h2-5,7H,6H2,1H3,(H,14,15). The third kappa shape index (κ3) is 4.13. The van der Waals surface area contributed by atoms with Crippen LogP contribution in [-0.2, 0) is 4.79 Å². The highest BCUT2D eigenvalue weighted by molar-refractivity contribution is 6.30. The van der Waals surface area contributed by atoms with Gasteiger partial charge in [-0.25, -0.2) is 4.39 Å². The van der Waals surface area contributed by atoms with Crippen LogP contribution >= 0.6 is 11.6 Å². The molecule has 0 aliphatic heterocycles. The van der Waals surface area contributed by atoms with Crippen LogP contribution in [0.2, 0.25) is 5.02 Å². The number of hydrogen-bond donors (Lipinski definition) is 1. The summed E-state index contributed by atoms with van der Waals surface area (Å²) in [5, 5.41) is 2.70. The number of rotatable bonds is 3. The van der Waals surface area contributed by atoms with Crippen molar-refractivity contribution in [2.24, 2.45) is 0 Å². The third-order valence-corrected chi connectivity index (χ3v) is 2.01. The Morgan fingerprint density at radius 3 is 2.93 bits per heavy atom. The second-order valence-electron chi connectivity index (χ2n) is 3.01. The Labute approximate surface area is 92.7 Å². The summed E-state index contributed by atoms with van der Waals surface area (Å²) < 4.78 is 12.8. The molecule has 1 rings (SSSR count). The molecular weight excluding hydrogens is 217 g/mol. The van der Waals surface area contributed by atoms with E-state index in [-0.39, 0.29) is 10.9 Å². The highest BCUT2D eigenvalue weighted by atomic mass is 35.5. The zero-order valence-electron chi connectivity index (χ0n) is 8.26. The molecule has 2 nitrogen and oxygen atoms in total. The summed E-state index contributed by atoms with van der Waals surface area (Å²) in [6.07, 6.45) is 3.53. The Kier molecular flexibility index (Phi) is 4.31. The number of amides is 1. The van der Waals surface area contributed by atoms with Crippen molar-refractivity contribution in [3.63, 3.8) is 0 Å². The molecule has 0 atom stereocenters. The average Bonchev–Trinajstić information content (AvgIpc) is 2.18. The third-order valence-electron chi connectivity index (χ3n) is 1.72. The molecule has 1 amide bonds. The van der Waals surface area contributed by atoms with E-state index in [4.69, 9.17) is 11.6 Å². The van der Waals surface area contributed by atoms with Gasteiger partial charge >= 0.3 is 0 Å². The van der Waals surface area contributed by atoms with E-state index < -0.39 is 5.82 Å². The maximum atomic E-state index is 12.8. The molecule has 0 saturated heterocycles. The van der Waals surface area contributed by atoms with E-state index in [1.165, 1.54) is 19.1 Å². The Hall–Kier alpha value is -1.35. The first-order valence-corrected chi connectivity index (χ1v) is 4.83. The summed E-state index contributed by atoms with van der Waals surface area (Å²) in [4.78, 5) is 10.5. The normalized spacial score (nSPS) is 10.6. The zero-order valence-corrected chi connectivity index (χ0v) is 9.01. The molecule has 4 heteroatoms. The predicted molar refractivity (Wildman–Crippen MR) is 59.1 cm³/mol. The second kappa shape index (κ2) is 5.51. The van der Waals surface area contributed by atoms with Gasteiger partial charge in [-0.1, -0.05) is 29.8 Å². The Balaban J connectivity index is 2.57. The highest BCUT2D eigenvalue weighted by Crippen LogP contribution is 2.16. The predicted octanol–water partition coefficient (Wildman–Crippen LogP) is 2.63. The van der Waals surface area contributed by atoms with Gasteiger partial charge in [0.25, 0.3) is 0 Å². The van der Waals surface area contributed by atoms with E-state index in [1.54, 1.807) is 18.2 Å². The summed E-state index contributed by atoms with van der Waals surface area (Å²) in [7, 11) is 0. The lowest BCUT2D eigenvalue weighted by molar-refractivity contribution is -0.118. The number of hydrogen-bond acceptors (Lipinski definition) is 1. The van der Waals surface area contributed by atoms with Crippen LogP contribution in [0.3, 0.4) is 0 Å². The molecule has 0 aliphatic rings. The molecular formula is C11H11ClFNO. The van der Waals surface area contributed by atoms with E-state index in [2.05, 4.69) is 5.32 Å². The molecule has 0 spiro atoms. The van der Waals surface area contributed by atoms with E-state index in [9.17, 15) is 9.18 Å². The fraction of sp³-hybridized carbons (Fsp3) is 0.182. The minimum atomic E-state index is -0.435. The summed E-state index contributed by atoms with van der Waals surface area (Å²) in [6, 6.07) is 4.45. The smallest absolute Gasteiger partial charge is 0.217 e. The first kappa shape index (κ1) is 11.7. The fourth-order valence-electron chi connectivity index (χ4n) is 1.01. The quantitative estimate of drug-likeness (QED) is 0.845. The van der Waals surface area contributed by atoms with Gasteiger partial charge < -0.3 is 5.32 Å². The van der Waals surface area contributed by atoms with Gasteiger partial charge in [0.05, 0.1) is 5.02 Å². The maximum absolute atomic E-state index is 12.8. The van der Waals surface area contributed by atoms with Gasteiger partial charge in [-0.05, 0) is 17.7 Å². The van der Waals surface area contributed by atoms with E-state index in [0.29, 0.717) is 6.54 Å². The number of carbonyl (C=O) groups excluding carboxylic acids is 1. The van der Waals surface area contributed by atoms with Gasteiger partial charge in [-0.3, -0.25) is 4.79 Å². The fourth-order valence-corrected chi connectivity index (χ4v) is 1.20. The summed E-state index contributed by atoms with van der Waals surface area (Å²) in [6.45, 7) is 1.90. The molecule has 0 saturated carbocycles. The van der Waals surface area contributed by atoms with E-state index >= 15 is 0 Å². The first-order valence-electron chi connectivity index (χ1n) is 4.45. The van der Waals surface area contributed by atoms with Crippen LogP contribution in [0.1, 0.15) is 12.5 Å². The van der Waals surface area contributed by atoms with Crippen molar-refractivity contribution >= 4 is 23.6 Å². The molecule has 0 radical (unpaired) electrons. The molecule has 1 N–H and O–H groups in total. The van der Waals surface area contributed by atoms with Crippen LogP contribution in [0.4, 0.5) is 4.39 Å². The molecule has 0 unspecified atom stereocenters.